The Morgan fingerprint density at radius 2 is 1.65 bits per heavy atom. The van der Waals surface area contributed by atoms with Crippen molar-refractivity contribution in [3.05, 3.63) is 65.2 Å². The average Bonchev–Trinajstić information content (AvgIpc) is 2.45. The molecule has 0 aliphatic carbocycles. The van der Waals surface area contributed by atoms with Gasteiger partial charge in [0.05, 0.1) is 12.2 Å². The SMILES string of the molecule is OCc1cccc(NCc2ccc(C(F)(F)F)cc2)c1. The number of anilines is 1. The number of hydrogen-bond donors (Lipinski definition) is 2. The fourth-order valence-corrected chi connectivity index (χ4v) is 1.80. The molecule has 20 heavy (non-hydrogen) atoms. The minimum absolute atomic E-state index is 0.0458. The van der Waals surface area contributed by atoms with E-state index in [2.05, 4.69) is 5.32 Å². The van der Waals surface area contributed by atoms with Crippen LogP contribution < -0.4 is 5.32 Å². The highest BCUT2D eigenvalue weighted by molar-refractivity contribution is 5.46. The lowest BCUT2D eigenvalue weighted by Crippen LogP contribution is -2.05. The molecule has 0 bridgehead atoms. The summed E-state index contributed by atoms with van der Waals surface area (Å²) in [7, 11) is 0. The molecule has 0 fully saturated rings. The maximum absolute atomic E-state index is 12.4. The van der Waals surface area contributed by atoms with Gasteiger partial charge in [0.1, 0.15) is 0 Å². The third-order valence-electron chi connectivity index (χ3n) is 2.89. The highest BCUT2D eigenvalue weighted by Crippen LogP contribution is 2.29. The molecule has 0 spiro atoms. The largest absolute Gasteiger partial charge is 0.416 e. The van der Waals surface area contributed by atoms with Gasteiger partial charge in [0.2, 0.25) is 0 Å². The monoisotopic (exact) mass is 281 g/mol. The molecule has 0 aromatic heterocycles. The van der Waals surface area contributed by atoms with Gasteiger partial charge in [-0.05, 0) is 35.4 Å². The molecule has 2 aromatic rings. The molecular formula is C15H14F3NO. The van der Waals surface area contributed by atoms with E-state index >= 15 is 0 Å². The van der Waals surface area contributed by atoms with Gasteiger partial charge in [0.15, 0.2) is 0 Å². The van der Waals surface area contributed by atoms with Crippen LogP contribution in [0.5, 0.6) is 0 Å². The van der Waals surface area contributed by atoms with E-state index in [1.807, 2.05) is 6.07 Å². The Labute approximate surface area is 114 Å². The Morgan fingerprint density at radius 3 is 2.25 bits per heavy atom. The fourth-order valence-electron chi connectivity index (χ4n) is 1.80. The Kier molecular flexibility index (Phi) is 4.29. The Balaban J connectivity index is 2.00. The molecule has 106 valence electrons. The van der Waals surface area contributed by atoms with Crippen LogP contribution in [0.25, 0.3) is 0 Å². The van der Waals surface area contributed by atoms with Gasteiger partial charge in [0, 0.05) is 12.2 Å². The number of nitrogens with one attached hydrogen (secondary N) is 1. The summed E-state index contributed by atoms with van der Waals surface area (Å²) in [5.74, 6) is 0. The van der Waals surface area contributed by atoms with Crippen molar-refractivity contribution in [1.29, 1.82) is 0 Å². The summed E-state index contributed by atoms with van der Waals surface area (Å²) in [6.07, 6.45) is -4.30. The third-order valence-corrected chi connectivity index (χ3v) is 2.89. The maximum Gasteiger partial charge on any atom is 0.416 e. The van der Waals surface area contributed by atoms with Gasteiger partial charge in [-0.1, -0.05) is 24.3 Å². The number of aliphatic hydroxyl groups is 1. The second kappa shape index (κ2) is 5.96. The van der Waals surface area contributed by atoms with E-state index < -0.39 is 11.7 Å². The quantitative estimate of drug-likeness (QED) is 0.893. The zero-order valence-electron chi connectivity index (χ0n) is 10.6. The molecule has 0 atom stereocenters. The van der Waals surface area contributed by atoms with Crippen LogP contribution in [-0.4, -0.2) is 5.11 Å². The van der Waals surface area contributed by atoms with Crippen molar-refractivity contribution in [2.75, 3.05) is 5.32 Å². The van der Waals surface area contributed by atoms with Crippen LogP contribution in [-0.2, 0) is 19.3 Å². The topological polar surface area (TPSA) is 32.3 Å². The number of hydrogen-bond acceptors (Lipinski definition) is 2. The number of aliphatic hydroxyl groups excluding tert-OH is 1. The summed E-state index contributed by atoms with van der Waals surface area (Å²) in [6, 6.07) is 12.3. The van der Waals surface area contributed by atoms with Gasteiger partial charge in [-0.25, -0.2) is 0 Å². The van der Waals surface area contributed by atoms with E-state index in [1.54, 1.807) is 18.2 Å². The zero-order valence-corrected chi connectivity index (χ0v) is 10.6. The van der Waals surface area contributed by atoms with Gasteiger partial charge in [-0.2, -0.15) is 13.2 Å². The summed E-state index contributed by atoms with van der Waals surface area (Å²) in [5.41, 5.74) is 1.70. The Hall–Kier alpha value is -2.01. The van der Waals surface area contributed by atoms with Crippen LogP contribution >= 0.6 is 0 Å². The molecule has 0 unspecified atom stereocenters. The first-order valence-corrected chi connectivity index (χ1v) is 6.09. The molecule has 2 rings (SSSR count). The fraction of sp³-hybridized carbons (Fsp3) is 0.200. The molecule has 2 aromatic carbocycles. The lowest BCUT2D eigenvalue weighted by atomic mass is 10.1. The summed E-state index contributed by atoms with van der Waals surface area (Å²) in [5, 5.41) is 12.1. The van der Waals surface area contributed by atoms with E-state index in [4.69, 9.17) is 5.11 Å². The average molecular weight is 281 g/mol. The molecule has 2 nitrogen and oxygen atoms in total. The molecular weight excluding hydrogens is 267 g/mol. The van der Waals surface area contributed by atoms with Gasteiger partial charge in [-0.3, -0.25) is 0 Å². The van der Waals surface area contributed by atoms with E-state index in [1.165, 1.54) is 12.1 Å². The van der Waals surface area contributed by atoms with Crippen LogP contribution in [0.1, 0.15) is 16.7 Å². The van der Waals surface area contributed by atoms with E-state index in [0.29, 0.717) is 6.54 Å². The van der Waals surface area contributed by atoms with Crippen LogP contribution in [0, 0.1) is 0 Å². The minimum atomic E-state index is -4.30. The standard InChI is InChI=1S/C15H14F3NO/c16-15(17,18)13-6-4-11(5-7-13)9-19-14-3-1-2-12(8-14)10-20/h1-8,19-20H,9-10H2. The van der Waals surface area contributed by atoms with Gasteiger partial charge < -0.3 is 10.4 Å². The maximum atomic E-state index is 12.4. The lowest BCUT2D eigenvalue weighted by Gasteiger charge is -2.10. The highest BCUT2D eigenvalue weighted by Gasteiger charge is 2.29. The molecule has 5 heteroatoms. The smallest absolute Gasteiger partial charge is 0.392 e. The normalized spacial score (nSPS) is 11.4. The summed E-state index contributed by atoms with van der Waals surface area (Å²) >= 11 is 0. The van der Waals surface area contributed by atoms with Crippen LogP contribution in [0.4, 0.5) is 18.9 Å². The molecule has 0 amide bonds. The number of halogens is 3. The van der Waals surface area contributed by atoms with Crippen LogP contribution in [0.3, 0.4) is 0 Å². The second-order valence-electron chi connectivity index (χ2n) is 4.41. The van der Waals surface area contributed by atoms with Crippen molar-refractivity contribution in [2.24, 2.45) is 0 Å². The third kappa shape index (κ3) is 3.74. The van der Waals surface area contributed by atoms with Crippen molar-refractivity contribution < 1.29 is 18.3 Å². The van der Waals surface area contributed by atoms with E-state index in [-0.39, 0.29) is 6.61 Å². The Bertz CT molecular complexity index is 564. The van der Waals surface area contributed by atoms with E-state index in [0.717, 1.165) is 28.9 Å². The first kappa shape index (κ1) is 14.4. The van der Waals surface area contributed by atoms with Gasteiger partial charge in [-0.15, -0.1) is 0 Å². The van der Waals surface area contributed by atoms with Gasteiger partial charge in [0.25, 0.3) is 0 Å². The first-order valence-electron chi connectivity index (χ1n) is 6.09. The summed E-state index contributed by atoms with van der Waals surface area (Å²) in [6.45, 7) is 0.378. The van der Waals surface area contributed by atoms with Crippen molar-refractivity contribution in [3.63, 3.8) is 0 Å². The minimum Gasteiger partial charge on any atom is -0.392 e. The van der Waals surface area contributed by atoms with E-state index in [9.17, 15) is 13.2 Å². The molecule has 0 aliphatic heterocycles. The predicted octanol–water partition coefficient (Wildman–Crippen LogP) is 3.81. The second-order valence-corrected chi connectivity index (χ2v) is 4.41. The van der Waals surface area contributed by atoms with Crippen LogP contribution in [0.15, 0.2) is 48.5 Å². The lowest BCUT2D eigenvalue weighted by molar-refractivity contribution is -0.137. The number of benzene rings is 2. The molecule has 0 aliphatic rings. The summed E-state index contributed by atoms with van der Waals surface area (Å²) in [4.78, 5) is 0. The molecule has 0 radical (unpaired) electrons. The van der Waals surface area contributed by atoms with Gasteiger partial charge >= 0.3 is 6.18 Å². The van der Waals surface area contributed by atoms with Crippen molar-refractivity contribution >= 4 is 5.69 Å². The molecule has 0 heterocycles. The van der Waals surface area contributed by atoms with Crippen molar-refractivity contribution in [3.8, 4) is 0 Å². The number of alkyl halides is 3. The highest BCUT2D eigenvalue weighted by atomic mass is 19.4. The summed E-state index contributed by atoms with van der Waals surface area (Å²) < 4.78 is 37.2. The molecule has 0 saturated carbocycles. The Morgan fingerprint density at radius 1 is 0.950 bits per heavy atom. The first-order chi connectivity index (χ1) is 9.49. The molecule has 2 N–H and O–H groups in total. The zero-order chi connectivity index (χ0) is 14.6. The van der Waals surface area contributed by atoms with Crippen molar-refractivity contribution in [2.45, 2.75) is 19.3 Å². The number of rotatable bonds is 4. The molecule has 0 saturated heterocycles. The van der Waals surface area contributed by atoms with Crippen LogP contribution in [0.2, 0.25) is 0 Å². The van der Waals surface area contributed by atoms with Crippen molar-refractivity contribution in [1.82, 2.24) is 0 Å². The predicted molar refractivity (Wildman–Crippen MR) is 71.1 cm³/mol.